The van der Waals surface area contributed by atoms with E-state index in [4.69, 9.17) is 13.6 Å². The van der Waals surface area contributed by atoms with Crippen LogP contribution in [0.2, 0.25) is 0 Å². The fourth-order valence-electron chi connectivity index (χ4n) is 3.83. The average Bonchev–Trinajstić information content (AvgIpc) is 3.45. The standard InChI is InChI=1S/C28H33NO6/c1-5-25-23(15-18(2)3)19(4)26(35-25)27(30)29-24(28(31)32)8-6-7-20-9-11-22(12-10-20)34-17-21-13-14-33-16-21/h9-16,24H,5-8,17H2,1-4H3,(H,29,30)(H,31,32). The highest BCUT2D eigenvalue weighted by Gasteiger charge is 2.25. The number of rotatable bonds is 12. The minimum Gasteiger partial charge on any atom is -0.489 e. The number of carboxylic acid groups (broad SMARTS) is 1. The number of carbonyl (C=O) groups excluding carboxylic acids is 1. The number of aryl methyl sites for hydroxylation is 2. The van der Waals surface area contributed by atoms with Crippen LogP contribution in [0.1, 0.15) is 72.2 Å². The molecule has 2 heterocycles. The Kier molecular flexibility index (Phi) is 8.95. The molecule has 1 aromatic carbocycles. The van der Waals surface area contributed by atoms with Crippen molar-refractivity contribution in [2.24, 2.45) is 0 Å². The smallest absolute Gasteiger partial charge is 0.326 e. The van der Waals surface area contributed by atoms with Crippen molar-refractivity contribution in [2.45, 2.75) is 66.0 Å². The molecule has 0 aliphatic heterocycles. The highest BCUT2D eigenvalue weighted by Crippen LogP contribution is 2.25. The third-order valence-electron chi connectivity index (χ3n) is 5.70. The quantitative estimate of drug-likeness (QED) is 0.333. The predicted octanol–water partition coefficient (Wildman–Crippen LogP) is 5.95. The van der Waals surface area contributed by atoms with E-state index >= 15 is 0 Å². The van der Waals surface area contributed by atoms with E-state index in [1.807, 2.05) is 64.1 Å². The van der Waals surface area contributed by atoms with Gasteiger partial charge in [0, 0.05) is 23.1 Å². The molecule has 7 nitrogen and oxygen atoms in total. The zero-order valence-electron chi connectivity index (χ0n) is 20.7. The highest BCUT2D eigenvalue weighted by atomic mass is 16.5. The summed E-state index contributed by atoms with van der Waals surface area (Å²) in [5.74, 6) is 0.0748. The molecule has 3 rings (SSSR count). The van der Waals surface area contributed by atoms with Gasteiger partial charge in [0.15, 0.2) is 5.76 Å². The first kappa shape index (κ1) is 25.9. The van der Waals surface area contributed by atoms with Crippen LogP contribution in [-0.2, 0) is 24.2 Å². The highest BCUT2D eigenvalue weighted by molar-refractivity contribution is 5.96. The van der Waals surface area contributed by atoms with Gasteiger partial charge in [-0.2, -0.15) is 0 Å². The first-order valence-corrected chi connectivity index (χ1v) is 11.8. The molecule has 0 fully saturated rings. The Morgan fingerprint density at radius 1 is 1.14 bits per heavy atom. The Morgan fingerprint density at radius 2 is 1.89 bits per heavy atom. The predicted molar refractivity (Wildman–Crippen MR) is 133 cm³/mol. The third-order valence-corrected chi connectivity index (χ3v) is 5.70. The fourth-order valence-corrected chi connectivity index (χ4v) is 3.83. The van der Waals surface area contributed by atoms with Crippen molar-refractivity contribution in [3.63, 3.8) is 0 Å². The van der Waals surface area contributed by atoms with Crippen LogP contribution < -0.4 is 10.1 Å². The minimum absolute atomic E-state index is 0.173. The van der Waals surface area contributed by atoms with Gasteiger partial charge in [0.25, 0.3) is 5.91 Å². The topological polar surface area (TPSA) is 102 Å². The molecule has 0 aliphatic rings. The number of carboxylic acids is 1. The maximum Gasteiger partial charge on any atom is 0.326 e. The van der Waals surface area contributed by atoms with Crippen molar-refractivity contribution in [3.05, 3.63) is 82.2 Å². The van der Waals surface area contributed by atoms with E-state index in [9.17, 15) is 14.7 Å². The Balaban J connectivity index is 1.55. The largest absolute Gasteiger partial charge is 0.489 e. The van der Waals surface area contributed by atoms with Crippen LogP contribution in [0.4, 0.5) is 0 Å². The number of amides is 1. The summed E-state index contributed by atoms with van der Waals surface area (Å²) in [6, 6.07) is 8.55. The van der Waals surface area contributed by atoms with Crippen molar-refractivity contribution in [3.8, 4) is 5.75 Å². The molecule has 3 aromatic rings. The first-order valence-electron chi connectivity index (χ1n) is 11.8. The van der Waals surface area contributed by atoms with E-state index in [1.54, 1.807) is 12.5 Å². The van der Waals surface area contributed by atoms with Crippen LogP contribution in [-0.4, -0.2) is 23.0 Å². The van der Waals surface area contributed by atoms with Gasteiger partial charge in [0.05, 0.1) is 12.5 Å². The van der Waals surface area contributed by atoms with Crippen LogP contribution in [0.15, 0.2) is 57.3 Å². The van der Waals surface area contributed by atoms with Crippen LogP contribution in [0.25, 0.3) is 6.08 Å². The number of hydrogen-bond acceptors (Lipinski definition) is 5. The maximum atomic E-state index is 12.9. The molecule has 0 saturated heterocycles. The van der Waals surface area contributed by atoms with Gasteiger partial charge in [0.2, 0.25) is 0 Å². The molecule has 2 N–H and O–H groups in total. The zero-order valence-corrected chi connectivity index (χ0v) is 20.7. The van der Waals surface area contributed by atoms with Gasteiger partial charge < -0.3 is 24.0 Å². The van der Waals surface area contributed by atoms with Gasteiger partial charge in [-0.05, 0) is 63.8 Å². The summed E-state index contributed by atoms with van der Waals surface area (Å²) in [5, 5.41) is 12.3. The molecule has 35 heavy (non-hydrogen) atoms. The summed E-state index contributed by atoms with van der Waals surface area (Å²) in [6.07, 6.45) is 7.47. The third kappa shape index (κ3) is 7.12. The molecule has 186 valence electrons. The number of nitrogens with one attached hydrogen (secondary N) is 1. The Hall–Kier alpha value is -3.74. The second-order valence-corrected chi connectivity index (χ2v) is 8.79. The van der Waals surface area contributed by atoms with E-state index in [0.29, 0.717) is 32.3 Å². The lowest BCUT2D eigenvalue weighted by Crippen LogP contribution is -2.40. The summed E-state index contributed by atoms with van der Waals surface area (Å²) in [5.41, 5.74) is 4.73. The SMILES string of the molecule is CCc1oc(C(=O)NC(CCCc2ccc(OCc3ccoc3)cc2)C(=O)O)c(C)c1C=C(C)C. The Labute approximate surface area is 205 Å². The van der Waals surface area contributed by atoms with Gasteiger partial charge >= 0.3 is 5.97 Å². The van der Waals surface area contributed by atoms with Crippen molar-refractivity contribution in [1.82, 2.24) is 5.32 Å². The normalized spacial score (nSPS) is 11.7. The van der Waals surface area contributed by atoms with Gasteiger partial charge in [-0.3, -0.25) is 4.79 Å². The molecule has 7 heteroatoms. The second kappa shape index (κ2) is 12.1. The molecule has 1 amide bonds. The van der Waals surface area contributed by atoms with Crippen LogP contribution in [0, 0.1) is 6.92 Å². The minimum atomic E-state index is -1.06. The van der Waals surface area contributed by atoms with Gasteiger partial charge in [-0.25, -0.2) is 4.79 Å². The summed E-state index contributed by atoms with van der Waals surface area (Å²) < 4.78 is 16.5. The van der Waals surface area contributed by atoms with Crippen molar-refractivity contribution in [2.75, 3.05) is 0 Å². The van der Waals surface area contributed by atoms with Crippen molar-refractivity contribution < 1.29 is 28.3 Å². The Morgan fingerprint density at radius 3 is 2.49 bits per heavy atom. The van der Waals surface area contributed by atoms with E-state index in [1.165, 1.54) is 0 Å². The molecule has 0 bridgehead atoms. The zero-order chi connectivity index (χ0) is 25.4. The maximum absolute atomic E-state index is 12.9. The number of aliphatic carboxylic acids is 1. The number of benzene rings is 1. The van der Waals surface area contributed by atoms with Crippen LogP contribution in [0.5, 0.6) is 5.75 Å². The summed E-state index contributed by atoms with van der Waals surface area (Å²) in [6.45, 7) is 8.17. The molecule has 1 unspecified atom stereocenters. The Bertz CT molecular complexity index is 1150. The number of allylic oxidation sites excluding steroid dienone is 1. The molecule has 0 radical (unpaired) electrons. The molecular formula is C28H33NO6. The van der Waals surface area contributed by atoms with Crippen LogP contribution >= 0.6 is 0 Å². The molecule has 1 atom stereocenters. The molecule has 2 aromatic heterocycles. The average molecular weight is 480 g/mol. The van der Waals surface area contributed by atoms with E-state index < -0.39 is 17.9 Å². The van der Waals surface area contributed by atoms with Gasteiger partial charge in [-0.15, -0.1) is 0 Å². The van der Waals surface area contributed by atoms with Crippen molar-refractivity contribution in [1.29, 1.82) is 0 Å². The molecular weight excluding hydrogens is 446 g/mol. The van der Waals surface area contributed by atoms with E-state index in [-0.39, 0.29) is 5.76 Å². The van der Waals surface area contributed by atoms with Crippen molar-refractivity contribution >= 4 is 18.0 Å². The number of ether oxygens (including phenoxy) is 1. The summed E-state index contributed by atoms with van der Waals surface area (Å²) in [4.78, 5) is 24.7. The van der Waals surface area contributed by atoms with Crippen LogP contribution in [0.3, 0.4) is 0 Å². The monoisotopic (exact) mass is 479 g/mol. The summed E-state index contributed by atoms with van der Waals surface area (Å²) >= 11 is 0. The lowest BCUT2D eigenvalue weighted by molar-refractivity contribution is -0.139. The number of hydrogen-bond donors (Lipinski definition) is 2. The lowest BCUT2D eigenvalue weighted by Gasteiger charge is -2.14. The number of carbonyl (C=O) groups is 2. The van der Waals surface area contributed by atoms with Gasteiger partial charge in [-0.1, -0.05) is 30.7 Å². The van der Waals surface area contributed by atoms with E-state index in [0.717, 1.165) is 39.3 Å². The van der Waals surface area contributed by atoms with E-state index in [2.05, 4.69) is 5.32 Å². The molecule has 0 saturated carbocycles. The summed E-state index contributed by atoms with van der Waals surface area (Å²) in [7, 11) is 0. The fraction of sp³-hybridized carbons (Fsp3) is 0.357. The lowest BCUT2D eigenvalue weighted by atomic mass is 10.0. The molecule has 0 spiro atoms. The van der Waals surface area contributed by atoms with Gasteiger partial charge in [0.1, 0.15) is 24.2 Å². The second-order valence-electron chi connectivity index (χ2n) is 8.79. The first-order chi connectivity index (χ1) is 16.8. The molecule has 0 aliphatic carbocycles. The number of furan rings is 2.